The van der Waals surface area contributed by atoms with Gasteiger partial charge in [-0.2, -0.15) is 0 Å². The van der Waals surface area contributed by atoms with Gasteiger partial charge in [-0.15, -0.1) is 0 Å². The third-order valence-electron chi connectivity index (χ3n) is 4.20. The van der Waals surface area contributed by atoms with Crippen molar-refractivity contribution < 1.29 is 9.21 Å². The van der Waals surface area contributed by atoms with Gasteiger partial charge in [0.25, 0.3) is 0 Å². The molecule has 3 rings (SSSR count). The maximum absolute atomic E-state index is 12.5. The van der Waals surface area contributed by atoms with E-state index in [1.165, 1.54) is 0 Å². The lowest BCUT2D eigenvalue weighted by atomic mass is 9.92. The fraction of sp³-hybridized carbons (Fsp3) is 0.200. The molecule has 26 heavy (non-hydrogen) atoms. The van der Waals surface area contributed by atoms with E-state index in [-0.39, 0.29) is 0 Å². The molecule has 2 aromatic carbocycles. The molecule has 0 unspecified atom stereocenters. The lowest BCUT2D eigenvalue weighted by molar-refractivity contribution is 0.242. The van der Waals surface area contributed by atoms with Crippen molar-refractivity contribution in [1.82, 2.24) is 10.3 Å². The Hall–Kier alpha value is -3.28. The number of rotatable bonds is 4. The first kappa shape index (κ1) is 17.5. The number of H-pyrrole nitrogens is 1. The number of hydrogen-bond acceptors (Lipinski definition) is 3. The molecule has 0 saturated carbocycles. The fourth-order valence-corrected chi connectivity index (χ4v) is 2.75. The smallest absolute Gasteiger partial charge is 0.406 e. The van der Waals surface area contributed by atoms with Crippen molar-refractivity contribution in [1.29, 1.82) is 0 Å². The summed E-state index contributed by atoms with van der Waals surface area (Å²) in [5.74, 6) is -0.563. The molecule has 3 aromatic rings. The molecule has 0 aliphatic heterocycles. The highest BCUT2D eigenvalue weighted by Gasteiger charge is 2.23. The highest BCUT2D eigenvalue weighted by atomic mass is 16.4. The number of amides is 2. The number of oxazole rings is 1. The summed E-state index contributed by atoms with van der Waals surface area (Å²) in [6.45, 7) is 9.74. The van der Waals surface area contributed by atoms with Gasteiger partial charge >= 0.3 is 11.8 Å². The van der Waals surface area contributed by atoms with Crippen LogP contribution in [0.4, 0.5) is 10.5 Å². The molecule has 2 amide bonds. The van der Waals surface area contributed by atoms with Gasteiger partial charge in [-0.05, 0) is 50.1 Å². The number of nitrogens with one attached hydrogen (secondary N) is 3. The number of para-hydroxylation sites is 1. The van der Waals surface area contributed by atoms with Gasteiger partial charge in [0, 0.05) is 0 Å². The first-order chi connectivity index (χ1) is 12.3. The second-order valence-electron chi connectivity index (χ2n) is 6.76. The van der Waals surface area contributed by atoms with Gasteiger partial charge in [0.1, 0.15) is 0 Å². The zero-order chi connectivity index (χ0) is 18.9. The Bertz CT molecular complexity index is 1040. The number of benzene rings is 2. The summed E-state index contributed by atoms with van der Waals surface area (Å²) in [5.41, 5.74) is 3.60. The monoisotopic (exact) mass is 351 g/mol. The molecule has 0 aliphatic carbocycles. The van der Waals surface area contributed by atoms with Crippen molar-refractivity contribution in [3.05, 3.63) is 70.7 Å². The number of urea groups is 1. The molecule has 0 saturated heterocycles. The summed E-state index contributed by atoms with van der Waals surface area (Å²) >= 11 is 0. The van der Waals surface area contributed by atoms with E-state index in [0.717, 1.165) is 16.7 Å². The topological polar surface area (TPSA) is 87.1 Å². The second-order valence-corrected chi connectivity index (χ2v) is 6.76. The lowest BCUT2D eigenvalue weighted by Crippen LogP contribution is -2.43. The normalized spacial score (nSPS) is 11.3. The molecular weight excluding hydrogens is 330 g/mol. The van der Waals surface area contributed by atoms with Gasteiger partial charge in [-0.1, -0.05) is 36.4 Å². The van der Waals surface area contributed by atoms with Gasteiger partial charge in [0.2, 0.25) is 0 Å². The van der Waals surface area contributed by atoms with Crippen molar-refractivity contribution in [2.24, 2.45) is 0 Å². The minimum atomic E-state index is -0.609. The Morgan fingerprint density at radius 3 is 2.65 bits per heavy atom. The molecule has 1 heterocycles. The lowest BCUT2D eigenvalue weighted by Gasteiger charge is -2.27. The third-order valence-corrected chi connectivity index (χ3v) is 4.20. The first-order valence-electron chi connectivity index (χ1n) is 8.24. The number of fused-ring (bicyclic) bond motifs is 1. The number of carbonyl (C=O) groups excluding carboxylic acids is 1. The Labute approximate surface area is 150 Å². The van der Waals surface area contributed by atoms with Crippen LogP contribution in [0.5, 0.6) is 0 Å². The van der Waals surface area contributed by atoms with Crippen LogP contribution in [0, 0.1) is 0 Å². The maximum Gasteiger partial charge on any atom is 0.417 e. The van der Waals surface area contributed by atoms with Crippen LogP contribution >= 0.6 is 0 Å². The summed E-state index contributed by atoms with van der Waals surface area (Å²) in [4.78, 5) is 26.4. The first-order valence-corrected chi connectivity index (χ1v) is 8.24. The molecule has 1 aromatic heterocycles. The Balaban J connectivity index is 1.81. The number of carbonyl (C=O) groups is 1. The van der Waals surface area contributed by atoms with Crippen LogP contribution in [-0.4, -0.2) is 11.0 Å². The molecule has 134 valence electrons. The van der Waals surface area contributed by atoms with E-state index >= 15 is 0 Å². The fourth-order valence-electron chi connectivity index (χ4n) is 2.75. The molecule has 6 heteroatoms. The summed E-state index contributed by atoms with van der Waals surface area (Å²) < 4.78 is 5.09. The average molecular weight is 351 g/mol. The van der Waals surface area contributed by atoms with E-state index in [0.29, 0.717) is 16.8 Å². The highest BCUT2D eigenvalue weighted by molar-refractivity contribution is 5.98. The summed E-state index contributed by atoms with van der Waals surface area (Å²) in [7, 11) is 0. The van der Waals surface area contributed by atoms with Crippen LogP contribution in [0.1, 0.15) is 31.9 Å². The van der Waals surface area contributed by atoms with E-state index < -0.39 is 17.3 Å². The van der Waals surface area contributed by atoms with Crippen molar-refractivity contribution in [2.45, 2.75) is 26.3 Å². The number of anilines is 1. The van der Waals surface area contributed by atoms with Gasteiger partial charge in [-0.3, -0.25) is 4.98 Å². The van der Waals surface area contributed by atoms with Gasteiger partial charge in [0.05, 0.1) is 16.7 Å². The van der Waals surface area contributed by atoms with Crippen LogP contribution in [0.15, 0.2) is 58.3 Å². The molecular formula is C20H21N3O3. The zero-order valence-corrected chi connectivity index (χ0v) is 15.0. The SMILES string of the molecule is C=C(C)c1cccc(C(C)(C)NC(=O)Nc2cccc3[nH]c(=O)oc23)c1. The van der Waals surface area contributed by atoms with Crippen LogP contribution in [0.2, 0.25) is 0 Å². The Morgan fingerprint density at radius 1 is 1.19 bits per heavy atom. The van der Waals surface area contributed by atoms with Gasteiger partial charge in [-0.25, -0.2) is 9.59 Å². The van der Waals surface area contributed by atoms with E-state index in [4.69, 9.17) is 4.42 Å². The molecule has 3 N–H and O–H groups in total. The molecule has 0 fully saturated rings. The Morgan fingerprint density at radius 2 is 1.92 bits per heavy atom. The van der Waals surface area contributed by atoms with E-state index in [9.17, 15) is 9.59 Å². The standard InChI is InChI=1S/C20H21N3O3/c1-12(2)13-7-5-8-14(11-13)20(3,4)23-18(24)21-15-9-6-10-16-17(15)26-19(25)22-16/h5-11H,1H2,2-4H3,(H,22,25)(H2,21,23,24). The van der Waals surface area contributed by atoms with Crippen molar-refractivity contribution >= 4 is 28.4 Å². The number of aromatic amines is 1. The molecule has 0 radical (unpaired) electrons. The van der Waals surface area contributed by atoms with Crippen LogP contribution in [-0.2, 0) is 5.54 Å². The average Bonchev–Trinajstić information content (AvgIpc) is 2.96. The Kier molecular flexibility index (Phi) is 4.42. The van der Waals surface area contributed by atoms with E-state index in [2.05, 4.69) is 22.2 Å². The van der Waals surface area contributed by atoms with E-state index in [1.54, 1.807) is 18.2 Å². The zero-order valence-electron chi connectivity index (χ0n) is 15.0. The van der Waals surface area contributed by atoms with Gasteiger partial charge in [0.15, 0.2) is 5.58 Å². The van der Waals surface area contributed by atoms with Crippen molar-refractivity contribution in [2.75, 3.05) is 5.32 Å². The molecule has 0 aliphatic rings. The third kappa shape index (κ3) is 3.54. The predicted octanol–water partition coefficient (Wildman–Crippen LogP) is 4.21. The summed E-state index contributed by atoms with van der Waals surface area (Å²) in [6, 6.07) is 12.6. The van der Waals surface area contributed by atoms with Crippen LogP contribution in [0.3, 0.4) is 0 Å². The van der Waals surface area contributed by atoms with Gasteiger partial charge < -0.3 is 15.1 Å². The molecule has 0 atom stereocenters. The molecule has 6 nitrogen and oxygen atoms in total. The second kappa shape index (κ2) is 6.55. The number of aromatic nitrogens is 1. The quantitative estimate of drug-likeness (QED) is 0.658. The van der Waals surface area contributed by atoms with Crippen molar-refractivity contribution in [3.8, 4) is 0 Å². The van der Waals surface area contributed by atoms with E-state index in [1.807, 2.05) is 45.0 Å². The summed E-state index contributed by atoms with van der Waals surface area (Å²) in [6.07, 6.45) is 0. The van der Waals surface area contributed by atoms with Crippen LogP contribution in [0.25, 0.3) is 16.7 Å². The highest BCUT2D eigenvalue weighted by Crippen LogP contribution is 2.25. The predicted molar refractivity (Wildman–Crippen MR) is 103 cm³/mol. The largest absolute Gasteiger partial charge is 0.417 e. The minimum absolute atomic E-state index is 0.315. The minimum Gasteiger partial charge on any atom is -0.406 e. The molecule has 0 bridgehead atoms. The summed E-state index contributed by atoms with van der Waals surface area (Å²) in [5, 5.41) is 5.69. The maximum atomic E-state index is 12.5. The molecule has 0 spiro atoms. The van der Waals surface area contributed by atoms with Crippen LogP contribution < -0.4 is 16.4 Å². The van der Waals surface area contributed by atoms with Crippen molar-refractivity contribution in [3.63, 3.8) is 0 Å². The number of allylic oxidation sites excluding steroid dienone is 1. The number of hydrogen-bond donors (Lipinski definition) is 3.